The summed E-state index contributed by atoms with van der Waals surface area (Å²) in [5.41, 5.74) is 3.47. The predicted octanol–water partition coefficient (Wildman–Crippen LogP) is 5.64. The van der Waals surface area contributed by atoms with Crippen molar-refractivity contribution >= 4 is 22.5 Å². The van der Waals surface area contributed by atoms with Crippen LogP contribution in [0.3, 0.4) is 0 Å². The Hall–Kier alpha value is -4.19. The number of hydrogen-bond acceptors (Lipinski definition) is 5. The normalized spacial score (nSPS) is 10.8. The number of benzene rings is 2. The van der Waals surface area contributed by atoms with Crippen molar-refractivity contribution in [2.75, 3.05) is 5.32 Å². The summed E-state index contributed by atoms with van der Waals surface area (Å²) in [7, 11) is 0. The molecular formula is C24H16FN5. The number of aromatic nitrogens is 4. The number of halogens is 1. The first kappa shape index (κ1) is 17.9. The monoisotopic (exact) mass is 393 g/mol. The van der Waals surface area contributed by atoms with E-state index in [1.54, 1.807) is 30.7 Å². The fraction of sp³-hybridized carbons (Fsp3) is 0. The molecule has 0 aliphatic heterocycles. The van der Waals surface area contributed by atoms with Crippen LogP contribution in [-0.2, 0) is 0 Å². The first-order valence-electron chi connectivity index (χ1n) is 9.42. The number of hydrogen-bond donors (Lipinski definition) is 1. The third kappa shape index (κ3) is 3.58. The Morgan fingerprint density at radius 3 is 2.37 bits per heavy atom. The predicted molar refractivity (Wildman–Crippen MR) is 116 cm³/mol. The number of fused-ring (bicyclic) bond motifs is 1. The van der Waals surface area contributed by atoms with Crippen LogP contribution in [-0.4, -0.2) is 19.9 Å². The van der Waals surface area contributed by atoms with E-state index in [1.165, 1.54) is 12.1 Å². The maximum Gasteiger partial charge on any atom is 0.163 e. The van der Waals surface area contributed by atoms with Crippen molar-refractivity contribution in [3.8, 4) is 22.5 Å². The lowest BCUT2D eigenvalue weighted by atomic mass is 10.0. The number of nitrogens with one attached hydrogen (secondary N) is 1. The third-order valence-corrected chi connectivity index (χ3v) is 4.70. The molecule has 0 bridgehead atoms. The van der Waals surface area contributed by atoms with Gasteiger partial charge in [0.25, 0.3) is 0 Å². The molecule has 0 aliphatic rings. The third-order valence-electron chi connectivity index (χ3n) is 4.70. The fourth-order valence-corrected chi connectivity index (χ4v) is 3.23. The van der Waals surface area contributed by atoms with Gasteiger partial charge in [-0.2, -0.15) is 0 Å². The molecule has 0 spiro atoms. The molecule has 1 N–H and O–H groups in total. The number of anilines is 2. The average molecular weight is 393 g/mol. The van der Waals surface area contributed by atoms with Gasteiger partial charge in [-0.15, -0.1) is 0 Å². The van der Waals surface area contributed by atoms with E-state index in [0.717, 1.165) is 27.6 Å². The zero-order valence-corrected chi connectivity index (χ0v) is 15.8. The van der Waals surface area contributed by atoms with Gasteiger partial charge in [-0.3, -0.25) is 4.98 Å². The largest absolute Gasteiger partial charge is 0.324 e. The van der Waals surface area contributed by atoms with Crippen molar-refractivity contribution in [3.63, 3.8) is 0 Å². The highest BCUT2D eigenvalue weighted by Crippen LogP contribution is 2.30. The Balaban J connectivity index is 1.68. The van der Waals surface area contributed by atoms with Gasteiger partial charge in [0.05, 0.1) is 5.52 Å². The van der Waals surface area contributed by atoms with Gasteiger partial charge in [0, 0.05) is 29.5 Å². The zero-order chi connectivity index (χ0) is 20.3. The van der Waals surface area contributed by atoms with E-state index in [1.807, 2.05) is 48.5 Å². The average Bonchev–Trinajstić information content (AvgIpc) is 2.80. The van der Waals surface area contributed by atoms with Crippen molar-refractivity contribution in [2.24, 2.45) is 0 Å². The zero-order valence-electron chi connectivity index (χ0n) is 15.8. The van der Waals surface area contributed by atoms with Crippen LogP contribution in [0.15, 0.2) is 91.4 Å². The summed E-state index contributed by atoms with van der Waals surface area (Å²) in [6.07, 6.45) is 5.17. The molecule has 5 rings (SSSR count). The maximum atomic E-state index is 13.3. The van der Waals surface area contributed by atoms with Gasteiger partial charge in [-0.25, -0.2) is 19.3 Å². The minimum Gasteiger partial charge on any atom is -0.324 e. The van der Waals surface area contributed by atoms with Gasteiger partial charge in [-0.05, 0) is 59.7 Å². The van der Waals surface area contributed by atoms with Crippen LogP contribution in [0.2, 0.25) is 0 Å². The second-order valence-electron chi connectivity index (χ2n) is 6.72. The van der Waals surface area contributed by atoms with Crippen LogP contribution in [0.25, 0.3) is 33.4 Å². The van der Waals surface area contributed by atoms with Crippen LogP contribution in [0.5, 0.6) is 0 Å². The lowest BCUT2D eigenvalue weighted by Crippen LogP contribution is -2.01. The van der Waals surface area contributed by atoms with E-state index in [2.05, 4.69) is 15.3 Å². The Bertz CT molecular complexity index is 1310. The van der Waals surface area contributed by atoms with Gasteiger partial charge in [0.2, 0.25) is 0 Å². The molecule has 3 aromatic heterocycles. The molecule has 0 saturated heterocycles. The summed E-state index contributed by atoms with van der Waals surface area (Å²) in [6, 6.07) is 21.8. The van der Waals surface area contributed by atoms with Crippen LogP contribution < -0.4 is 5.32 Å². The number of nitrogens with zero attached hydrogens (tertiary/aromatic N) is 4. The van der Waals surface area contributed by atoms with E-state index >= 15 is 0 Å². The van der Waals surface area contributed by atoms with Gasteiger partial charge in [0.15, 0.2) is 5.82 Å². The molecule has 144 valence electrons. The molecule has 0 aliphatic carbocycles. The Kier molecular flexibility index (Phi) is 4.57. The van der Waals surface area contributed by atoms with Crippen LogP contribution in [0.1, 0.15) is 0 Å². The molecule has 0 unspecified atom stereocenters. The van der Waals surface area contributed by atoms with Gasteiger partial charge < -0.3 is 5.32 Å². The summed E-state index contributed by atoms with van der Waals surface area (Å²) in [5.74, 6) is 1.63. The molecule has 5 aromatic rings. The molecular weight excluding hydrogens is 377 g/mol. The molecule has 0 amide bonds. The maximum absolute atomic E-state index is 13.3. The van der Waals surface area contributed by atoms with Crippen LogP contribution >= 0.6 is 0 Å². The van der Waals surface area contributed by atoms with Crippen LogP contribution in [0.4, 0.5) is 16.0 Å². The Labute approximate surface area is 172 Å². The molecule has 0 saturated carbocycles. The van der Waals surface area contributed by atoms with Gasteiger partial charge in [0.1, 0.15) is 17.5 Å². The summed E-state index contributed by atoms with van der Waals surface area (Å²) in [6.45, 7) is 0. The highest BCUT2D eigenvalue weighted by molar-refractivity contribution is 5.95. The second-order valence-corrected chi connectivity index (χ2v) is 6.72. The van der Waals surface area contributed by atoms with Crippen molar-refractivity contribution in [1.29, 1.82) is 0 Å². The fourth-order valence-electron chi connectivity index (χ4n) is 3.23. The van der Waals surface area contributed by atoms with Crippen molar-refractivity contribution in [2.45, 2.75) is 0 Å². The molecule has 5 nitrogen and oxygen atoms in total. The highest BCUT2D eigenvalue weighted by atomic mass is 19.1. The van der Waals surface area contributed by atoms with E-state index in [4.69, 9.17) is 9.97 Å². The van der Waals surface area contributed by atoms with Gasteiger partial charge >= 0.3 is 0 Å². The van der Waals surface area contributed by atoms with Crippen molar-refractivity contribution < 1.29 is 4.39 Å². The van der Waals surface area contributed by atoms with Gasteiger partial charge in [-0.1, -0.05) is 24.3 Å². The highest BCUT2D eigenvalue weighted by Gasteiger charge is 2.12. The number of pyridine rings is 2. The molecule has 0 radical (unpaired) electrons. The SMILES string of the molecule is Fc1ccc(-c2ccc3nc(-c4cccnc4)nc(Nc4ccccn4)c3c2)cc1. The van der Waals surface area contributed by atoms with Crippen LogP contribution in [0, 0.1) is 5.82 Å². The Morgan fingerprint density at radius 2 is 1.60 bits per heavy atom. The van der Waals surface area contributed by atoms with E-state index in [9.17, 15) is 4.39 Å². The first-order chi connectivity index (χ1) is 14.8. The lowest BCUT2D eigenvalue weighted by Gasteiger charge is -2.12. The summed E-state index contributed by atoms with van der Waals surface area (Å²) < 4.78 is 13.3. The quantitative estimate of drug-likeness (QED) is 0.428. The molecule has 6 heteroatoms. The first-order valence-corrected chi connectivity index (χ1v) is 9.42. The summed E-state index contributed by atoms with van der Waals surface area (Å²) in [4.78, 5) is 18.0. The minimum atomic E-state index is -0.263. The smallest absolute Gasteiger partial charge is 0.163 e. The van der Waals surface area contributed by atoms with Crippen molar-refractivity contribution in [1.82, 2.24) is 19.9 Å². The standard InChI is InChI=1S/C24H16FN5/c25-19-9-6-16(7-10-19)17-8-11-21-20(14-17)24(29-22-5-1-2-13-27-22)30-23(28-21)18-4-3-12-26-15-18/h1-15H,(H,27,28,29,30). The topological polar surface area (TPSA) is 63.6 Å². The minimum absolute atomic E-state index is 0.263. The van der Waals surface area contributed by atoms with E-state index < -0.39 is 0 Å². The summed E-state index contributed by atoms with van der Waals surface area (Å²) >= 11 is 0. The van der Waals surface area contributed by atoms with E-state index in [0.29, 0.717) is 17.5 Å². The number of rotatable bonds is 4. The molecule has 30 heavy (non-hydrogen) atoms. The second kappa shape index (κ2) is 7.67. The molecule has 0 atom stereocenters. The molecule has 3 heterocycles. The summed E-state index contributed by atoms with van der Waals surface area (Å²) in [5, 5.41) is 4.14. The van der Waals surface area contributed by atoms with E-state index in [-0.39, 0.29) is 5.82 Å². The van der Waals surface area contributed by atoms with Crippen molar-refractivity contribution in [3.05, 3.63) is 97.2 Å². The Morgan fingerprint density at radius 1 is 0.733 bits per heavy atom. The molecule has 0 fully saturated rings. The molecule has 2 aromatic carbocycles. The lowest BCUT2D eigenvalue weighted by molar-refractivity contribution is 0.628.